The molecule has 1 N–H and O–H groups in total. The topological polar surface area (TPSA) is 64.6 Å². The van der Waals surface area contributed by atoms with Crippen LogP contribution in [0.5, 0.6) is 0 Å². The molecule has 1 aromatic heterocycles. The molecule has 2 saturated heterocycles. The van der Waals surface area contributed by atoms with E-state index >= 15 is 0 Å². The molecule has 3 rings (SSSR count). The maximum atomic E-state index is 12.4. The number of carbonyl (C=O) groups excluding carboxylic acids is 1. The number of likely N-dealkylation sites (tertiary alicyclic amines) is 1. The Bertz CT molecular complexity index is 547. The van der Waals surface area contributed by atoms with Crippen LogP contribution < -0.4 is 5.32 Å². The highest BCUT2D eigenvalue weighted by Gasteiger charge is 2.25. The number of nitrogens with one attached hydrogen (secondary N) is 1. The van der Waals surface area contributed by atoms with Crippen molar-refractivity contribution in [1.82, 2.24) is 24.7 Å². The SMILES string of the molecule is CCc1ncc(NC(=O)N2CCC(CN3CCN(C)CC3)CC2)cn1. The number of amides is 2. The monoisotopic (exact) mass is 346 g/mol. The number of hydrogen-bond donors (Lipinski definition) is 1. The van der Waals surface area contributed by atoms with Crippen molar-refractivity contribution < 1.29 is 4.79 Å². The van der Waals surface area contributed by atoms with Gasteiger partial charge >= 0.3 is 6.03 Å². The summed E-state index contributed by atoms with van der Waals surface area (Å²) in [5.74, 6) is 1.50. The van der Waals surface area contributed by atoms with Gasteiger partial charge in [0.15, 0.2) is 0 Å². The molecule has 0 aliphatic carbocycles. The standard InChI is InChI=1S/C18H30N6O/c1-3-17-19-12-16(13-20-17)21-18(25)24-6-4-15(5-7-24)14-23-10-8-22(2)9-11-23/h12-13,15H,3-11,14H2,1-2H3,(H,21,25). The lowest BCUT2D eigenvalue weighted by Crippen LogP contribution is -2.48. The molecule has 2 aliphatic rings. The number of anilines is 1. The van der Waals surface area contributed by atoms with Crippen molar-refractivity contribution in [3.8, 4) is 0 Å². The van der Waals surface area contributed by atoms with Crippen molar-refractivity contribution in [2.75, 3.05) is 58.2 Å². The first kappa shape index (κ1) is 18.1. The maximum Gasteiger partial charge on any atom is 0.321 e. The van der Waals surface area contributed by atoms with Gasteiger partial charge in [-0.3, -0.25) is 0 Å². The third-order valence-corrected chi connectivity index (χ3v) is 5.29. The van der Waals surface area contributed by atoms with Gasteiger partial charge in [0, 0.05) is 52.2 Å². The van der Waals surface area contributed by atoms with E-state index in [1.807, 2.05) is 11.8 Å². The van der Waals surface area contributed by atoms with Crippen molar-refractivity contribution in [2.24, 2.45) is 5.92 Å². The molecule has 0 aromatic carbocycles. The fraction of sp³-hybridized carbons (Fsp3) is 0.722. The predicted octanol–water partition coefficient (Wildman–Crippen LogP) is 1.53. The van der Waals surface area contributed by atoms with Crippen LogP contribution in [-0.4, -0.2) is 83.6 Å². The molecule has 7 nitrogen and oxygen atoms in total. The zero-order valence-electron chi connectivity index (χ0n) is 15.4. The second kappa shape index (κ2) is 8.58. The Kier molecular flexibility index (Phi) is 6.20. The molecule has 0 bridgehead atoms. The van der Waals surface area contributed by atoms with Crippen LogP contribution in [0, 0.1) is 5.92 Å². The third-order valence-electron chi connectivity index (χ3n) is 5.29. The Labute approximate surface area is 150 Å². The predicted molar refractivity (Wildman–Crippen MR) is 98.7 cm³/mol. The van der Waals surface area contributed by atoms with E-state index in [0.717, 1.165) is 38.2 Å². The van der Waals surface area contributed by atoms with Gasteiger partial charge in [0.05, 0.1) is 18.1 Å². The summed E-state index contributed by atoms with van der Waals surface area (Å²) < 4.78 is 0. The van der Waals surface area contributed by atoms with E-state index in [2.05, 4.69) is 32.1 Å². The minimum atomic E-state index is -0.0362. The minimum absolute atomic E-state index is 0.0362. The molecule has 2 fully saturated rings. The van der Waals surface area contributed by atoms with E-state index in [0.29, 0.717) is 11.6 Å². The zero-order chi connectivity index (χ0) is 17.6. The largest absolute Gasteiger partial charge is 0.325 e. The number of piperazine rings is 1. The van der Waals surface area contributed by atoms with Crippen LogP contribution in [0.1, 0.15) is 25.6 Å². The number of aromatic nitrogens is 2. The van der Waals surface area contributed by atoms with Crippen molar-refractivity contribution in [3.63, 3.8) is 0 Å². The fourth-order valence-electron chi connectivity index (χ4n) is 3.52. The van der Waals surface area contributed by atoms with Crippen LogP contribution in [0.15, 0.2) is 12.4 Å². The van der Waals surface area contributed by atoms with Gasteiger partial charge in [-0.25, -0.2) is 14.8 Å². The molecule has 0 radical (unpaired) electrons. The van der Waals surface area contributed by atoms with Gasteiger partial charge in [0.1, 0.15) is 5.82 Å². The smallest absolute Gasteiger partial charge is 0.321 e. The van der Waals surface area contributed by atoms with Crippen LogP contribution in [0.2, 0.25) is 0 Å². The highest BCUT2D eigenvalue weighted by molar-refractivity contribution is 5.88. The Hall–Kier alpha value is -1.73. The summed E-state index contributed by atoms with van der Waals surface area (Å²) in [4.78, 5) is 27.7. The van der Waals surface area contributed by atoms with Crippen molar-refractivity contribution in [1.29, 1.82) is 0 Å². The summed E-state index contributed by atoms with van der Waals surface area (Å²) in [5, 5.41) is 2.91. The first-order valence-electron chi connectivity index (χ1n) is 9.41. The summed E-state index contributed by atoms with van der Waals surface area (Å²) in [6.07, 6.45) is 6.35. The van der Waals surface area contributed by atoms with Crippen LogP contribution in [-0.2, 0) is 6.42 Å². The summed E-state index contributed by atoms with van der Waals surface area (Å²) >= 11 is 0. The molecule has 2 amide bonds. The average molecular weight is 346 g/mol. The lowest BCUT2D eigenvalue weighted by Gasteiger charge is -2.37. The number of aryl methyl sites for hydroxylation is 1. The van der Waals surface area contributed by atoms with Gasteiger partial charge in [-0.2, -0.15) is 0 Å². The Morgan fingerprint density at radius 3 is 2.36 bits per heavy atom. The first-order valence-corrected chi connectivity index (χ1v) is 9.41. The van der Waals surface area contributed by atoms with Crippen molar-refractivity contribution >= 4 is 11.7 Å². The van der Waals surface area contributed by atoms with E-state index in [4.69, 9.17) is 0 Å². The normalized spacial score (nSPS) is 20.6. The molecule has 3 heterocycles. The van der Waals surface area contributed by atoms with E-state index in [-0.39, 0.29) is 6.03 Å². The van der Waals surface area contributed by atoms with E-state index in [1.165, 1.54) is 32.7 Å². The molecule has 0 saturated carbocycles. The number of likely N-dealkylation sites (N-methyl/N-ethyl adjacent to an activating group) is 1. The molecule has 0 atom stereocenters. The number of piperidine rings is 1. The summed E-state index contributed by atoms with van der Waals surface area (Å²) in [5.41, 5.74) is 0.668. The Morgan fingerprint density at radius 2 is 1.76 bits per heavy atom. The molecule has 7 heteroatoms. The molecule has 2 aliphatic heterocycles. The minimum Gasteiger partial charge on any atom is -0.325 e. The van der Waals surface area contributed by atoms with E-state index in [9.17, 15) is 4.79 Å². The van der Waals surface area contributed by atoms with Crippen LogP contribution in [0.3, 0.4) is 0 Å². The van der Waals surface area contributed by atoms with Gasteiger partial charge in [-0.1, -0.05) is 6.92 Å². The number of hydrogen-bond acceptors (Lipinski definition) is 5. The van der Waals surface area contributed by atoms with Crippen molar-refractivity contribution in [2.45, 2.75) is 26.2 Å². The highest BCUT2D eigenvalue weighted by atomic mass is 16.2. The van der Waals surface area contributed by atoms with Gasteiger partial charge < -0.3 is 20.0 Å². The summed E-state index contributed by atoms with van der Waals surface area (Å²) in [7, 11) is 2.19. The van der Waals surface area contributed by atoms with E-state index < -0.39 is 0 Å². The molecule has 0 spiro atoms. The van der Waals surface area contributed by atoms with Gasteiger partial charge in [-0.15, -0.1) is 0 Å². The van der Waals surface area contributed by atoms with Gasteiger partial charge in [-0.05, 0) is 25.8 Å². The number of nitrogens with zero attached hydrogens (tertiary/aromatic N) is 5. The lowest BCUT2D eigenvalue weighted by molar-refractivity contribution is 0.113. The van der Waals surface area contributed by atoms with Gasteiger partial charge in [0.25, 0.3) is 0 Å². The summed E-state index contributed by atoms with van der Waals surface area (Å²) in [6, 6.07) is -0.0362. The molecular weight excluding hydrogens is 316 g/mol. The quantitative estimate of drug-likeness (QED) is 0.896. The van der Waals surface area contributed by atoms with E-state index in [1.54, 1.807) is 12.4 Å². The molecule has 25 heavy (non-hydrogen) atoms. The molecule has 138 valence electrons. The fourth-order valence-corrected chi connectivity index (χ4v) is 3.52. The number of rotatable bonds is 4. The van der Waals surface area contributed by atoms with Crippen LogP contribution >= 0.6 is 0 Å². The van der Waals surface area contributed by atoms with Gasteiger partial charge in [0.2, 0.25) is 0 Å². The number of carbonyl (C=O) groups is 1. The van der Waals surface area contributed by atoms with Crippen LogP contribution in [0.25, 0.3) is 0 Å². The summed E-state index contributed by atoms with van der Waals surface area (Å²) in [6.45, 7) is 9.53. The average Bonchev–Trinajstić information content (AvgIpc) is 2.65. The molecule has 1 aromatic rings. The first-order chi connectivity index (χ1) is 12.1. The molecule has 0 unspecified atom stereocenters. The molecular formula is C18H30N6O. The zero-order valence-corrected chi connectivity index (χ0v) is 15.4. The van der Waals surface area contributed by atoms with Crippen LogP contribution in [0.4, 0.5) is 10.5 Å². The maximum absolute atomic E-state index is 12.4. The Balaban J connectivity index is 1.41. The Morgan fingerprint density at radius 1 is 1.12 bits per heavy atom. The third kappa shape index (κ3) is 5.12. The number of urea groups is 1. The second-order valence-electron chi connectivity index (χ2n) is 7.21. The van der Waals surface area contributed by atoms with Crippen molar-refractivity contribution in [3.05, 3.63) is 18.2 Å². The highest BCUT2D eigenvalue weighted by Crippen LogP contribution is 2.20. The second-order valence-corrected chi connectivity index (χ2v) is 7.21. The lowest BCUT2D eigenvalue weighted by atomic mass is 9.96.